The van der Waals surface area contributed by atoms with Crippen LogP contribution in [-0.4, -0.2) is 48.4 Å². The lowest BCUT2D eigenvalue weighted by Gasteiger charge is -2.13. The van der Waals surface area contributed by atoms with E-state index in [-0.39, 0.29) is 29.8 Å². The fourth-order valence-corrected chi connectivity index (χ4v) is 3.73. The fourth-order valence-electron chi connectivity index (χ4n) is 3.73. The summed E-state index contributed by atoms with van der Waals surface area (Å²) >= 11 is 0. The van der Waals surface area contributed by atoms with E-state index in [9.17, 15) is 19.1 Å². The Labute approximate surface area is 219 Å². The van der Waals surface area contributed by atoms with Gasteiger partial charge in [-0.15, -0.1) is 0 Å². The topological polar surface area (TPSA) is 147 Å². The van der Waals surface area contributed by atoms with Crippen molar-refractivity contribution in [1.29, 1.82) is 0 Å². The number of amides is 1. The van der Waals surface area contributed by atoms with E-state index >= 15 is 4.39 Å². The summed E-state index contributed by atoms with van der Waals surface area (Å²) in [4.78, 5) is 33.7. The van der Waals surface area contributed by atoms with E-state index in [1.807, 2.05) is 0 Å². The minimum atomic E-state index is -0.854. The third-order valence-corrected chi connectivity index (χ3v) is 5.65. The number of aliphatic hydroxyl groups excluding tert-OH is 1. The van der Waals surface area contributed by atoms with Crippen molar-refractivity contribution in [2.75, 3.05) is 17.2 Å². The van der Waals surface area contributed by atoms with Gasteiger partial charge in [0.15, 0.2) is 28.7 Å². The van der Waals surface area contributed by atoms with Crippen molar-refractivity contribution in [3.63, 3.8) is 0 Å². The number of fused-ring (bicyclic) bond motifs is 1. The van der Waals surface area contributed by atoms with Crippen LogP contribution < -0.4 is 20.9 Å². The molecule has 0 fully saturated rings. The second-order valence-electron chi connectivity index (χ2n) is 8.46. The standard InChI is InChI=1S/C26H21F2N7O4/c1-14(13-36)31-24-21-20(8-9-30-23(21)33-34-24)39-19-7-4-16(12-18(19)28)32-25(37)22-26(38)35(11-10-29-22)17-5-2-15(27)3-6-17/h2-12,14,36H,13H2,1H3,(H,32,37)(H2,30,31,33,34). The van der Waals surface area contributed by atoms with Crippen LogP contribution in [0.2, 0.25) is 0 Å². The first-order chi connectivity index (χ1) is 18.8. The Balaban J connectivity index is 1.36. The zero-order valence-corrected chi connectivity index (χ0v) is 20.4. The predicted octanol–water partition coefficient (Wildman–Crippen LogP) is 3.62. The second kappa shape index (κ2) is 10.7. The first-order valence-electron chi connectivity index (χ1n) is 11.7. The number of H-pyrrole nitrogens is 1. The van der Waals surface area contributed by atoms with E-state index in [4.69, 9.17) is 4.74 Å². The van der Waals surface area contributed by atoms with Crippen LogP contribution in [0.4, 0.5) is 20.3 Å². The maximum atomic E-state index is 15.0. The number of benzene rings is 2. The van der Waals surface area contributed by atoms with Gasteiger partial charge in [0.1, 0.15) is 17.0 Å². The van der Waals surface area contributed by atoms with Crippen LogP contribution in [0.25, 0.3) is 16.7 Å². The molecule has 0 bridgehead atoms. The number of rotatable bonds is 8. The van der Waals surface area contributed by atoms with Gasteiger partial charge in [-0.1, -0.05) is 0 Å². The van der Waals surface area contributed by atoms with E-state index in [1.165, 1.54) is 61.1 Å². The highest BCUT2D eigenvalue weighted by Gasteiger charge is 2.18. The minimum Gasteiger partial charge on any atom is -0.453 e. The summed E-state index contributed by atoms with van der Waals surface area (Å²) in [6.07, 6.45) is 4.07. The van der Waals surface area contributed by atoms with Gasteiger partial charge in [0.25, 0.3) is 11.5 Å². The monoisotopic (exact) mass is 533 g/mol. The fraction of sp³-hybridized carbons (Fsp3) is 0.115. The molecule has 13 heteroatoms. The Morgan fingerprint density at radius 2 is 1.90 bits per heavy atom. The van der Waals surface area contributed by atoms with Gasteiger partial charge in [-0.05, 0) is 43.3 Å². The van der Waals surface area contributed by atoms with Crippen molar-refractivity contribution >= 4 is 28.4 Å². The molecule has 3 aromatic heterocycles. The van der Waals surface area contributed by atoms with Crippen LogP contribution in [0.5, 0.6) is 11.5 Å². The number of hydrogen-bond acceptors (Lipinski definition) is 8. The molecule has 4 N–H and O–H groups in total. The molecule has 5 rings (SSSR count). The molecule has 3 heterocycles. The number of carbonyl (C=O) groups is 1. The number of aromatic nitrogens is 5. The van der Waals surface area contributed by atoms with Gasteiger partial charge in [0.2, 0.25) is 0 Å². The summed E-state index contributed by atoms with van der Waals surface area (Å²) in [5, 5.41) is 22.2. The van der Waals surface area contributed by atoms with Crippen LogP contribution in [0.1, 0.15) is 17.4 Å². The van der Waals surface area contributed by atoms with E-state index in [0.717, 1.165) is 10.6 Å². The molecule has 1 amide bonds. The Morgan fingerprint density at radius 3 is 2.64 bits per heavy atom. The smallest absolute Gasteiger partial charge is 0.286 e. The Morgan fingerprint density at radius 1 is 1.10 bits per heavy atom. The summed E-state index contributed by atoms with van der Waals surface area (Å²) in [7, 11) is 0. The Hall–Kier alpha value is -5.17. The summed E-state index contributed by atoms with van der Waals surface area (Å²) in [6, 6.07) is 10.1. The van der Waals surface area contributed by atoms with Gasteiger partial charge in [0.05, 0.1) is 6.61 Å². The molecule has 0 aliphatic heterocycles. The van der Waals surface area contributed by atoms with Gasteiger partial charge >= 0.3 is 0 Å². The summed E-state index contributed by atoms with van der Waals surface area (Å²) in [5.74, 6) is -1.62. The zero-order chi connectivity index (χ0) is 27.5. The third kappa shape index (κ3) is 5.29. The summed E-state index contributed by atoms with van der Waals surface area (Å²) in [5.41, 5.74) is -0.364. The summed E-state index contributed by atoms with van der Waals surface area (Å²) in [6.45, 7) is 1.62. The maximum Gasteiger partial charge on any atom is 0.286 e. The van der Waals surface area contributed by atoms with Crippen molar-refractivity contribution in [2.45, 2.75) is 13.0 Å². The van der Waals surface area contributed by atoms with E-state index < -0.39 is 28.8 Å². The zero-order valence-electron chi connectivity index (χ0n) is 20.4. The molecule has 0 saturated heterocycles. The van der Waals surface area contributed by atoms with Crippen LogP contribution in [0, 0.1) is 11.6 Å². The highest BCUT2D eigenvalue weighted by Crippen LogP contribution is 2.34. The van der Waals surface area contributed by atoms with Crippen molar-refractivity contribution < 1.29 is 23.4 Å². The lowest BCUT2D eigenvalue weighted by molar-refractivity contribution is 0.102. The van der Waals surface area contributed by atoms with Crippen LogP contribution >= 0.6 is 0 Å². The maximum absolute atomic E-state index is 15.0. The van der Waals surface area contributed by atoms with Crippen LogP contribution in [-0.2, 0) is 0 Å². The van der Waals surface area contributed by atoms with Crippen molar-refractivity contribution in [3.05, 3.63) is 94.8 Å². The number of pyridine rings is 1. The predicted molar refractivity (Wildman–Crippen MR) is 138 cm³/mol. The largest absolute Gasteiger partial charge is 0.453 e. The number of hydrogen-bond donors (Lipinski definition) is 4. The van der Waals surface area contributed by atoms with Crippen LogP contribution in [0.15, 0.2) is 71.9 Å². The average Bonchev–Trinajstić information content (AvgIpc) is 3.34. The molecule has 11 nitrogen and oxygen atoms in total. The molecule has 0 radical (unpaired) electrons. The first kappa shape index (κ1) is 25.5. The molecule has 0 aliphatic carbocycles. The molecule has 1 unspecified atom stereocenters. The lowest BCUT2D eigenvalue weighted by atomic mass is 10.2. The molecule has 39 heavy (non-hydrogen) atoms. The average molecular weight is 533 g/mol. The van der Waals surface area contributed by atoms with Gasteiger partial charge in [-0.25, -0.2) is 18.7 Å². The number of aromatic amines is 1. The van der Waals surface area contributed by atoms with E-state index in [2.05, 4.69) is 30.8 Å². The Bertz CT molecular complexity index is 1720. The number of nitrogens with zero attached hydrogens (tertiary/aromatic N) is 4. The number of anilines is 2. The normalized spacial score (nSPS) is 11.8. The van der Waals surface area contributed by atoms with Gasteiger partial charge < -0.3 is 20.5 Å². The number of ether oxygens (including phenoxy) is 1. The molecule has 2 aromatic carbocycles. The highest BCUT2D eigenvalue weighted by atomic mass is 19.1. The SMILES string of the molecule is CC(CO)Nc1n[nH]c2nccc(Oc3ccc(NC(=O)c4nccn(-c5ccc(F)cc5)c4=O)cc3F)c12. The second-order valence-corrected chi connectivity index (χ2v) is 8.46. The third-order valence-electron chi connectivity index (χ3n) is 5.65. The molecular formula is C26H21F2N7O4. The molecule has 0 spiro atoms. The first-order valence-corrected chi connectivity index (χ1v) is 11.7. The number of nitrogens with one attached hydrogen (secondary N) is 3. The minimum absolute atomic E-state index is 0.0607. The molecule has 198 valence electrons. The van der Waals surface area contributed by atoms with Gasteiger partial charge in [-0.3, -0.25) is 19.3 Å². The molecule has 0 saturated carbocycles. The van der Waals surface area contributed by atoms with Gasteiger partial charge in [-0.2, -0.15) is 5.10 Å². The number of aliphatic hydroxyl groups is 1. The van der Waals surface area contributed by atoms with E-state index in [1.54, 1.807) is 6.92 Å². The molecule has 1 atom stereocenters. The molecular weight excluding hydrogens is 512 g/mol. The van der Waals surface area contributed by atoms with Crippen molar-refractivity contribution in [3.8, 4) is 17.2 Å². The van der Waals surface area contributed by atoms with Crippen LogP contribution in [0.3, 0.4) is 0 Å². The quantitative estimate of drug-likeness (QED) is 0.237. The lowest BCUT2D eigenvalue weighted by Crippen LogP contribution is -2.29. The number of carbonyl (C=O) groups excluding carboxylic acids is 1. The highest BCUT2D eigenvalue weighted by molar-refractivity contribution is 6.02. The van der Waals surface area contributed by atoms with Crippen molar-refractivity contribution in [2.24, 2.45) is 0 Å². The van der Waals surface area contributed by atoms with Crippen molar-refractivity contribution in [1.82, 2.24) is 24.7 Å². The number of halogens is 2. The summed E-state index contributed by atoms with van der Waals surface area (Å²) < 4.78 is 35.2. The van der Waals surface area contributed by atoms with E-state index in [0.29, 0.717) is 22.5 Å². The van der Waals surface area contributed by atoms with Gasteiger partial charge in [0, 0.05) is 48.1 Å². The molecule has 0 aliphatic rings. The molecule has 5 aromatic rings. The Kier molecular flexibility index (Phi) is 6.97.